The number of rotatable bonds is 3. The van der Waals surface area contributed by atoms with Gasteiger partial charge in [-0.1, -0.05) is 21.1 Å². The second-order valence-electron chi connectivity index (χ2n) is 6.09. The summed E-state index contributed by atoms with van der Waals surface area (Å²) in [6.45, 7) is -0.0764. The van der Waals surface area contributed by atoms with Gasteiger partial charge in [-0.2, -0.15) is 4.98 Å². The number of H-pyrrole nitrogens is 1. The highest BCUT2D eigenvalue weighted by Crippen LogP contribution is 2.34. The molecule has 0 unspecified atom stereocenters. The number of fused-ring (bicyclic) bond motifs is 2. The van der Waals surface area contributed by atoms with Crippen molar-refractivity contribution in [1.82, 2.24) is 19.7 Å². The highest BCUT2D eigenvalue weighted by Gasteiger charge is 2.19. The second-order valence-corrected chi connectivity index (χ2v) is 7.01. The topological polar surface area (TPSA) is 112 Å². The Morgan fingerprint density at radius 2 is 1.86 bits per heavy atom. The summed E-state index contributed by atoms with van der Waals surface area (Å²) in [6.07, 6.45) is 0. The third-order valence-corrected chi connectivity index (χ3v) is 4.87. The molecule has 9 nitrogen and oxygen atoms in total. The molecule has 2 aromatic carbocycles. The lowest BCUT2D eigenvalue weighted by atomic mass is 10.2. The van der Waals surface area contributed by atoms with Crippen molar-refractivity contribution in [2.45, 2.75) is 6.54 Å². The maximum Gasteiger partial charge on any atom is 0.329 e. The van der Waals surface area contributed by atoms with Gasteiger partial charge >= 0.3 is 5.69 Å². The Bertz CT molecular complexity index is 1320. The molecule has 2 aromatic heterocycles. The van der Waals surface area contributed by atoms with E-state index in [1.807, 2.05) is 24.3 Å². The summed E-state index contributed by atoms with van der Waals surface area (Å²) in [5, 5.41) is 4.22. The molecule has 5 rings (SSSR count). The first kappa shape index (κ1) is 16.8. The van der Waals surface area contributed by atoms with Crippen molar-refractivity contribution in [3.8, 4) is 22.9 Å². The number of hydrogen-bond donors (Lipinski definition) is 1. The second kappa shape index (κ2) is 6.34. The van der Waals surface area contributed by atoms with Crippen LogP contribution in [0.5, 0.6) is 11.5 Å². The molecule has 0 bridgehead atoms. The Labute approximate surface area is 164 Å². The molecule has 0 saturated carbocycles. The van der Waals surface area contributed by atoms with Gasteiger partial charge in [-0.25, -0.2) is 4.79 Å². The Morgan fingerprint density at radius 1 is 1.11 bits per heavy atom. The number of aromatic nitrogens is 4. The van der Waals surface area contributed by atoms with Crippen molar-refractivity contribution in [2.24, 2.45) is 0 Å². The number of nitrogens with one attached hydrogen (secondary N) is 1. The Kier molecular flexibility index (Phi) is 3.79. The highest BCUT2D eigenvalue weighted by molar-refractivity contribution is 9.10. The Hall–Kier alpha value is -3.40. The van der Waals surface area contributed by atoms with Crippen molar-refractivity contribution >= 4 is 26.8 Å². The molecule has 0 aliphatic carbocycles. The van der Waals surface area contributed by atoms with Crippen LogP contribution in [0.25, 0.3) is 22.3 Å². The molecule has 1 aliphatic rings. The molecule has 28 heavy (non-hydrogen) atoms. The fraction of sp³-hybridized carbons (Fsp3) is 0.111. The van der Waals surface area contributed by atoms with Crippen LogP contribution in [-0.2, 0) is 6.54 Å². The molecule has 0 fully saturated rings. The number of nitrogens with zero attached hydrogens (tertiary/aromatic N) is 3. The molecule has 3 heterocycles. The van der Waals surface area contributed by atoms with E-state index in [9.17, 15) is 9.59 Å². The number of benzene rings is 2. The predicted molar refractivity (Wildman–Crippen MR) is 101 cm³/mol. The predicted octanol–water partition coefficient (Wildman–Crippen LogP) is 2.28. The van der Waals surface area contributed by atoms with E-state index in [1.165, 1.54) is 0 Å². The molecular formula is C18H11BrN4O5. The van der Waals surface area contributed by atoms with Crippen molar-refractivity contribution in [2.75, 3.05) is 6.79 Å². The van der Waals surface area contributed by atoms with E-state index in [0.717, 1.165) is 14.6 Å². The fourth-order valence-corrected chi connectivity index (χ4v) is 3.22. The average Bonchev–Trinajstić information content (AvgIpc) is 3.33. The van der Waals surface area contributed by atoms with Crippen LogP contribution in [0.4, 0.5) is 0 Å². The summed E-state index contributed by atoms with van der Waals surface area (Å²) >= 11 is 3.36. The quantitative estimate of drug-likeness (QED) is 0.517. The zero-order valence-electron chi connectivity index (χ0n) is 14.1. The first-order valence-corrected chi connectivity index (χ1v) is 9.03. The minimum absolute atomic E-state index is 0.0743. The van der Waals surface area contributed by atoms with E-state index in [2.05, 4.69) is 31.1 Å². The van der Waals surface area contributed by atoms with Gasteiger partial charge in [-0.3, -0.25) is 9.36 Å². The van der Waals surface area contributed by atoms with Crippen LogP contribution >= 0.6 is 15.9 Å². The average molecular weight is 443 g/mol. The summed E-state index contributed by atoms with van der Waals surface area (Å²) in [4.78, 5) is 32.2. The monoisotopic (exact) mass is 442 g/mol. The molecular weight excluding hydrogens is 432 g/mol. The molecule has 0 spiro atoms. The van der Waals surface area contributed by atoms with E-state index < -0.39 is 11.2 Å². The van der Waals surface area contributed by atoms with Crippen LogP contribution in [0, 0.1) is 0 Å². The first-order chi connectivity index (χ1) is 13.6. The molecule has 0 radical (unpaired) electrons. The lowest BCUT2D eigenvalue weighted by molar-refractivity contribution is 0.174. The molecule has 1 aliphatic heterocycles. The molecule has 1 N–H and O–H groups in total. The maximum absolute atomic E-state index is 12.8. The first-order valence-electron chi connectivity index (χ1n) is 8.23. The SMILES string of the molecule is O=c1[nH]c2cc3c(cc2c(=O)n1Cc1nc(-c2ccc(Br)cc2)no1)OCO3. The highest BCUT2D eigenvalue weighted by atomic mass is 79.9. The van der Waals surface area contributed by atoms with Crippen LogP contribution in [-0.4, -0.2) is 26.5 Å². The van der Waals surface area contributed by atoms with Gasteiger partial charge in [0.05, 0.1) is 10.9 Å². The summed E-state index contributed by atoms with van der Waals surface area (Å²) < 4.78 is 17.7. The molecule has 4 aromatic rings. The zero-order chi connectivity index (χ0) is 19.3. The lowest BCUT2D eigenvalue weighted by Crippen LogP contribution is -2.35. The van der Waals surface area contributed by atoms with E-state index in [0.29, 0.717) is 28.2 Å². The van der Waals surface area contributed by atoms with Gasteiger partial charge in [-0.05, 0) is 30.3 Å². The largest absolute Gasteiger partial charge is 0.454 e. The molecule has 10 heteroatoms. The normalized spacial score (nSPS) is 12.6. The van der Waals surface area contributed by atoms with Gasteiger partial charge in [-0.15, -0.1) is 0 Å². The van der Waals surface area contributed by atoms with Gasteiger partial charge in [0.25, 0.3) is 5.56 Å². The number of hydrogen-bond acceptors (Lipinski definition) is 7. The van der Waals surface area contributed by atoms with Gasteiger partial charge in [0, 0.05) is 16.1 Å². The molecule has 0 saturated heterocycles. The van der Waals surface area contributed by atoms with Gasteiger partial charge < -0.3 is 19.0 Å². The Morgan fingerprint density at radius 3 is 2.64 bits per heavy atom. The van der Waals surface area contributed by atoms with Crippen LogP contribution in [0.1, 0.15) is 5.89 Å². The number of ether oxygens (including phenoxy) is 2. The van der Waals surface area contributed by atoms with Crippen molar-refractivity contribution in [1.29, 1.82) is 0 Å². The van der Waals surface area contributed by atoms with Crippen molar-refractivity contribution in [3.63, 3.8) is 0 Å². The van der Waals surface area contributed by atoms with Crippen molar-refractivity contribution in [3.05, 3.63) is 67.6 Å². The standard InChI is InChI=1S/C18H11BrN4O5/c19-10-3-1-9(2-4-10)16-21-15(28-22-16)7-23-17(24)11-5-13-14(27-8-26-13)6-12(11)20-18(23)25/h1-6H,7-8H2,(H,20,25). The van der Waals surface area contributed by atoms with Gasteiger partial charge in [0.15, 0.2) is 11.5 Å². The smallest absolute Gasteiger partial charge is 0.329 e. The van der Waals surface area contributed by atoms with Gasteiger partial charge in [0.2, 0.25) is 18.5 Å². The molecule has 0 amide bonds. The molecule has 140 valence electrons. The minimum Gasteiger partial charge on any atom is -0.454 e. The zero-order valence-corrected chi connectivity index (χ0v) is 15.7. The Balaban J connectivity index is 1.53. The maximum atomic E-state index is 12.8. The van der Waals surface area contributed by atoms with Crippen molar-refractivity contribution < 1.29 is 14.0 Å². The summed E-state index contributed by atoms with van der Waals surface area (Å²) in [5.41, 5.74) is 0.0578. The van der Waals surface area contributed by atoms with Crippen LogP contribution in [0.3, 0.4) is 0 Å². The van der Waals surface area contributed by atoms with Crippen LogP contribution in [0.2, 0.25) is 0 Å². The van der Waals surface area contributed by atoms with E-state index in [-0.39, 0.29) is 19.2 Å². The van der Waals surface area contributed by atoms with E-state index in [1.54, 1.807) is 12.1 Å². The van der Waals surface area contributed by atoms with Crippen LogP contribution < -0.4 is 20.7 Å². The summed E-state index contributed by atoms with van der Waals surface area (Å²) in [7, 11) is 0. The molecule has 0 atom stereocenters. The number of aromatic amines is 1. The lowest BCUT2D eigenvalue weighted by Gasteiger charge is -2.05. The third-order valence-electron chi connectivity index (χ3n) is 4.34. The summed E-state index contributed by atoms with van der Waals surface area (Å²) in [6, 6.07) is 10.5. The number of halogens is 1. The minimum atomic E-state index is -0.584. The van der Waals surface area contributed by atoms with E-state index >= 15 is 0 Å². The van der Waals surface area contributed by atoms with E-state index in [4.69, 9.17) is 14.0 Å². The van der Waals surface area contributed by atoms with Crippen LogP contribution in [0.15, 0.2) is 55.0 Å². The third kappa shape index (κ3) is 2.78. The van der Waals surface area contributed by atoms with Gasteiger partial charge in [0.1, 0.15) is 6.54 Å². The fourth-order valence-electron chi connectivity index (χ4n) is 2.96. The summed E-state index contributed by atoms with van der Waals surface area (Å²) in [5.74, 6) is 1.46.